The quantitative estimate of drug-likeness (QED) is 0.170. The number of fused-ring (bicyclic) bond motifs is 2. The molecule has 7 aromatic rings. The molecule has 0 aliphatic rings. The van der Waals surface area contributed by atoms with E-state index in [1.54, 1.807) is 12.1 Å². The van der Waals surface area contributed by atoms with Crippen LogP contribution in [0.1, 0.15) is 19.3 Å². The Morgan fingerprint density at radius 2 is 1.12 bits per heavy atom. The maximum atomic E-state index is 12.4. The average molecular weight is 561 g/mol. The molecule has 7 rings (SSSR count). The molecule has 0 atom stereocenters. The lowest BCUT2D eigenvalue weighted by Gasteiger charge is -2.04. The molecule has 0 bridgehead atoms. The molecule has 0 unspecified atom stereocenters. The minimum Gasteiger partial charge on any atom is -0.338 e. The van der Waals surface area contributed by atoms with Crippen LogP contribution in [0.5, 0.6) is 0 Å². The van der Waals surface area contributed by atoms with E-state index in [2.05, 4.69) is 20.6 Å². The predicted octanol–water partition coefficient (Wildman–Crippen LogP) is 7.40. The number of aromatic nitrogens is 4. The van der Waals surface area contributed by atoms with Crippen LogP contribution in [0.2, 0.25) is 0 Å². The third kappa shape index (κ3) is 4.66. The molecule has 0 saturated carbocycles. The second-order valence-electron chi connectivity index (χ2n) is 9.07. The highest BCUT2D eigenvalue weighted by Crippen LogP contribution is 2.28. The zero-order chi connectivity index (χ0) is 27.1. The highest BCUT2D eigenvalue weighted by molar-refractivity contribution is 7.12. The van der Waals surface area contributed by atoms with E-state index in [4.69, 9.17) is 9.97 Å². The van der Waals surface area contributed by atoms with Gasteiger partial charge in [-0.25, -0.2) is 9.97 Å². The molecule has 10 heteroatoms. The van der Waals surface area contributed by atoms with Crippen molar-refractivity contribution >= 4 is 67.9 Å². The molecule has 0 saturated heterocycles. The monoisotopic (exact) mass is 560 g/mol. The summed E-state index contributed by atoms with van der Waals surface area (Å²) in [5.74, 6) is 1.19. The number of thiophene rings is 2. The minimum absolute atomic E-state index is 0.121. The predicted molar refractivity (Wildman–Crippen MR) is 161 cm³/mol. The largest absolute Gasteiger partial charge is 0.338 e. The summed E-state index contributed by atoms with van der Waals surface area (Å²) in [5.41, 5.74) is 6.57. The summed E-state index contributed by atoms with van der Waals surface area (Å²) in [4.78, 5) is 42.3. The number of imidazole rings is 2. The van der Waals surface area contributed by atoms with Gasteiger partial charge in [-0.05, 0) is 83.6 Å². The fourth-order valence-corrected chi connectivity index (χ4v) is 5.66. The zero-order valence-electron chi connectivity index (χ0n) is 20.8. The number of nitrogens with one attached hydrogen (secondary N) is 4. The smallest absolute Gasteiger partial charge is 0.265 e. The van der Waals surface area contributed by atoms with Crippen LogP contribution in [-0.2, 0) is 0 Å². The van der Waals surface area contributed by atoms with Crippen molar-refractivity contribution in [3.8, 4) is 22.8 Å². The van der Waals surface area contributed by atoms with Gasteiger partial charge in [-0.15, -0.1) is 22.7 Å². The van der Waals surface area contributed by atoms with E-state index in [0.29, 0.717) is 21.3 Å². The summed E-state index contributed by atoms with van der Waals surface area (Å²) >= 11 is 2.81. The van der Waals surface area contributed by atoms with Gasteiger partial charge in [0.15, 0.2) is 0 Å². The molecule has 4 aromatic heterocycles. The maximum absolute atomic E-state index is 12.4. The highest BCUT2D eigenvalue weighted by Gasteiger charge is 2.13. The number of hydrogen-bond acceptors (Lipinski definition) is 6. The number of amides is 2. The number of rotatable bonds is 6. The first-order valence-electron chi connectivity index (χ1n) is 12.4. The van der Waals surface area contributed by atoms with Crippen LogP contribution in [0.25, 0.3) is 44.8 Å². The summed E-state index contributed by atoms with van der Waals surface area (Å²) in [6.45, 7) is 0. The van der Waals surface area contributed by atoms with Gasteiger partial charge in [0.25, 0.3) is 11.8 Å². The molecule has 0 spiro atoms. The number of H-pyrrole nitrogens is 2. The molecule has 4 N–H and O–H groups in total. The first-order chi connectivity index (χ1) is 19.6. The van der Waals surface area contributed by atoms with Gasteiger partial charge < -0.3 is 20.6 Å². The van der Waals surface area contributed by atoms with E-state index in [-0.39, 0.29) is 11.8 Å². The molecule has 40 heavy (non-hydrogen) atoms. The Bertz CT molecular complexity index is 1990. The Morgan fingerprint density at radius 1 is 0.600 bits per heavy atom. The van der Waals surface area contributed by atoms with Crippen molar-refractivity contribution in [1.82, 2.24) is 19.9 Å². The Balaban J connectivity index is 1.11. The summed E-state index contributed by atoms with van der Waals surface area (Å²) < 4.78 is 0. The molecular formula is C30H20N6O2S2. The van der Waals surface area contributed by atoms with Gasteiger partial charge in [0, 0.05) is 22.5 Å². The molecule has 3 aromatic carbocycles. The summed E-state index contributed by atoms with van der Waals surface area (Å²) in [7, 11) is 0. The van der Waals surface area contributed by atoms with Crippen LogP contribution in [-0.4, -0.2) is 31.8 Å². The Labute approximate surface area is 235 Å². The number of carbonyl (C=O) groups is 2. The maximum Gasteiger partial charge on any atom is 0.265 e. The van der Waals surface area contributed by atoms with Gasteiger partial charge in [0.2, 0.25) is 0 Å². The molecule has 0 aliphatic carbocycles. The van der Waals surface area contributed by atoms with Crippen molar-refractivity contribution in [3.05, 3.63) is 105 Å². The normalized spacial score (nSPS) is 11.2. The number of aromatic amines is 2. The molecule has 2 amide bonds. The van der Waals surface area contributed by atoms with E-state index in [1.807, 2.05) is 83.6 Å². The average Bonchev–Trinajstić information content (AvgIpc) is 3.79. The topological polar surface area (TPSA) is 116 Å². The zero-order valence-corrected chi connectivity index (χ0v) is 22.4. The standard InChI is InChI=1S/C30H20N6O2S2/c37-29(25-3-1-13-39-25)31-19-8-5-17(6-9-19)27-33-21-11-7-18(15-23(21)35-27)28-34-22-12-10-20(16-24(22)36-28)32-30(38)26-4-2-14-40-26/h1-16H,(H,31,37)(H,32,38)(H,33,35)(H,34,36). The van der Waals surface area contributed by atoms with Crippen LogP contribution in [0.3, 0.4) is 0 Å². The van der Waals surface area contributed by atoms with Crippen molar-refractivity contribution in [1.29, 1.82) is 0 Å². The van der Waals surface area contributed by atoms with E-state index >= 15 is 0 Å². The molecule has 0 radical (unpaired) electrons. The Morgan fingerprint density at radius 3 is 1.75 bits per heavy atom. The van der Waals surface area contributed by atoms with Crippen LogP contribution in [0.4, 0.5) is 11.4 Å². The van der Waals surface area contributed by atoms with Crippen LogP contribution in [0.15, 0.2) is 95.7 Å². The number of benzene rings is 3. The van der Waals surface area contributed by atoms with Crippen molar-refractivity contribution < 1.29 is 9.59 Å². The number of anilines is 2. The van der Waals surface area contributed by atoms with Crippen molar-refractivity contribution in [2.75, 3.05) is 10.6 Å². The van der Waals surface area contributed by atoms with Crippen molar-refractivity contribution in [2.24, 2.45) is 0 Å². The van der Waals surface area contributed by atoms with E-state index in [9.17, 15) is 9.59 Å². The summed E-state index contributed by atoms with van der Waals surface area (Å²) in [6, 6.07) is 26.5. The summed E-state index contributed by atoms with van der Waals surface area (Å²) in [5, 5.41) is 9.60. The van der Waals surface area contributed by atoms with Crippen LogP contribution >= 0.6 is 22.7 Å². The van der Waals surface area contributed by atoms with Crippen molar-refractivity contribution in [3.63, 3.8) is 0 Å². The van der Waals surface area contributed by atoms with Crippen molar-refractivity contribution in [2.45, 2.75) is 0 Å². The van der Waals surface area contributed by atoms with Crippen LogP contribution in [0, 0.1) is 0 Å². The second-order valence-corrected chi connectivity index (χ2v) is 11.0. The van der Waals surface area contributed by atoms with Gasteiger partial charge in [-0.3, -0.25) is 9.59 Å². The van der Waals surface area contributed by atoms with E-state index in [0.717, 1.165) is 44.7 Å². The number of carbonyl (C=O) groups excluding carboxylic acids is 2. The lowest BCUT2D eigenvalue weighted by atomic mass is 10.2. The molecule has 194 valence electrons. The van der Waals surface area contributed by atoms with E-state index in [1.165, 1.54) is 22.7 Å². The molecule has 8 nitrogen and oxygen atoms in total. The Hall–Kier alpha value is -5.06. The third-order valence-electron chi connectivity index (χ3n) is 6.40. The first kappa shape index (κ1) is 24.0. The molecule has 0 fully saturated rings. The molecular weight excluding hydrogens is 541 g/mol. The first-order valence-corrected chi connectivity index (χ1v) is 14.1. The SMILES string of the molecule is O=C(Nc1ccc(-c2nc3cc(-c4nc5cc(NC(=O)c6cccs6)ccc5[nH]4)ccc3[nH]2)cc1)c1cccs1. The third-order valence-corrected chi connectivity index (χ3v) is 8.14. The fourth-order valence-electron chi connectivity index (χ4n) is 4.42. The minimum atomic E-state index is -0.136. The summed E-state index contributed by atoms with van der Waals surface area (Å²) in [6.07, 6.45) is 0. The lowest BCUT2D eigenvalue weighted by molar-refractivity contribution is 0.102. The van der Waals surface area contributed by atoms with Gasteiger partial charge in [0.05, 0.1) is 31.8 Å². The molecule has 0 aliphatic heterocycles. The second kappa shape index (κ2) is 9.92. The number of hydrogen-bond donors (Lipinski definition) is 4. The highest BCUT2D eigenvalue weighted by atomic mass is 32.1. The Kier molecular flexibility index (Phi) is 5.95. The molecule has 4 heterocycles. The van der Waals surface area contributed by atoms with Gasteiger partial charge in [-0.1, -0.05) is 12.1 Å². The lowest BCUT2D eigenvalue weighted by Crippen LogP contribution is -2.09. The fraction of sp³-hybridized carbons (Fsp3) is 0. The van der Waals surface area contributed by atoms with Gasteiger partial charge >= 0.3 is 0 Å². The van der Waals surface area contributed by atoms with Crippen LogP contribution < -0.4 is 10.6 Å². The number of nitrogens with zero attached hydrogens (tertiary/aromatic N) is 2. The van der Waals surface area contributed by atoms with Gasteiger partial charge in [-0.2, -0.15) is 0 Å². The van der Waals surface area contributed by atoms with Gasteiger partial charge in [0.1, 0.15) is 11.6 Å². The van der Waals surface area contributed by atoms with E-state index < -0.39 is 0 Å².